The molecule has 57 heavy (non-hydrogen) atoms. The zero-order valence-electron chi connectivity index (χ0n) is 31.8. The van der Waals surface area contributed by atoms with E-state index >= 15 is 0 Å². The van der Waals surface area contributed by atoms with Crippen LogP contribution in [0.2, 0.25) is 0 Å². The number of hydrogen-bond acceptors (Lipinski definition) is 8. The zero-order chi connectivity index (χ0) is 40.3. The van der Waals surface area contributed by atoms with Gasteiger partial charge in [0.2, 0.25) is 11.8 Å². The van der Waals surface area contributed by atoms with E-state index in [-0.39, 0.29) is 34.7 Å². The number of rotatable bonds is 15. The molecule has 4 unspecified atom stereocenters. The van der Waals surface area contributed by atoms with E-state index in [1.165, 1.54) is 30.4 Å². The molecule has 296 valence electrons. The SMILES string of the molecule is COc1cc(/C=C/C(=O)Nc2ccccc2C(=O)O)ccc1OC1CCCC(C2CCC(Oc3cc(/C=C/C(=O)Nc4ccccc4C(=O)O)ccc3OC)C2)C1. The minimum Gasteiger partial charge on any atom is -0.493 e. The smallest absolute Gasteiger partial charge is 0.337 e. The summed E-state index contributed by atoms with van der Waals surface area (Å²) in [5, 5.41) is 24.0. The molecule has 0 bridgehead atoms. The summed E-state index contributed by atoms with van der Waals surface area (Å²) in [7, 11) is 3.17. The normalized spacial score (nSPS) is 19.2. The maximum Gasteiger partial charge on any atom is 0.337 e. The van der Waals surface area contributed by atoms with E-state index in [4.69, 9.17) is 18.9 Å². The minimum atomic E-state index is -1.12. The van der Waals surface area contributed by atoms with Gasteiger partial charge in [-0.25, -0.2) is 9.59 Å². The lowest BCUT2D eigenvalue weighted by molar-refractivity contribution is -0.112. The van der Waals surface area contributed by atoms with Crippen molar-refractivity contribution in [2.24, 2.45) is 11.8 Å². The van der Waals surface area contributed by atoms with Crippen molar-refractivity contribution >= 4 is 47.3 Å². The van der Waals surface area contributed by atoms with Crippen LogP contribution < -0.4 is 29.6 Å². The van der Waals surface area contributed by atoms with Crippen LogP contribution in [0.15, 0.2) is 97.1 Å². The molecule has 4 atom stereocenters. The predicted molar refractivity (Wildman–Crippen MR) is 216 cm³/mol. The molecule has 12 nitrogen and oxygen atoms in total. The van der Waals surface area contributed by atoms with Crippen LogP contribution in [0.25, 0.3) is 12.2 Å². The van der Waals surface area contributed by atoms with Gasteiger partial charge in [-0.2, -0.15) is 0 Å². The number of anilines is 2. The number of carbonyl (C=O) groups is 4. The largest absolute Gasteiger partial charge is 0.493 e. The van der Waals surface area contributed by atoms with Gasteiger partial charge in [0, 0.05) is 12.2 Å². The summed E-state index contributed by atoms with van der Waals surface area (Å²) in [4.78, 5) is 48.2. The molecule has 12 heteroatoms. The number of methoxy groups -OCH3 is 2. The molecule has 2 fully saturated rings. The Labute approximate surface area is 331 Å². The van der Waals surface area contributed by atoms with Crippen LogP contribution in [-0.4, -0.2) is 60.4 Å². The molecule has 0 radical (unpaired) electrons. The Balaban J connectivity index is 1.02. The number of carboxylic acids is 2. The van der Waals surface area contributed by atoms with Crippen LogP contribution in [-0.2, 0) is 9.59 Å². The first-order chi connectivity index (χ1) is 27.6. The van der Waals surface area contributed by atoms with Gasteiger partial charge < -0.3 is 39.8 Å². The molecule has 2 amide bonds. The third-order valence-electron chi connectivity index (χ3n) is 10.4. The average Bonchev–Trinajstić information content (AvgIpc) is 3.68. The Hall–Kier alpha value is -6.56. The number of amides is 2. The summed E-state index contributed by atoms with van der Waals surface area (Å²) in [6.45, 7) is 0. The summed E-state index contributed by atoms with van der Waals surface area (Å²) in [5.74, 6) is 0.195. The highest BCUT2D eigenvalue weighted by Gasteiger charge is 2.36. The van der Waals surface area contributed by atoms with Gasteiger partial charge in [0.1, 0.15) is 0 Å². The second kappa shape index (κ2) is 18.9. The monoisotopic (exact) mass is 774 g/mol. The molecular formula is C45H46N2O10. The van der Waals surface area contributed by atoms with Crippen molar-refractivity contribution in [3.8, 4) is 23.0 Å². The van der Waals surface area contributed by atoms with Gasteiger partial charge in [0.25, 0.3) is 0 Å². The quantitative estimate of drug-likeness (QED) is 0.0858. The molecular weight excluding hydrogens is 728 g/mol. The minimum absolute atomic E-state index is 0.00920. The van der Waals surface area contributed by atoms with E-state index < -0.39 is 23.8 Å². The predicted octanol–water partition coefficient (Wildman–Crippen LogP) is 8.59. The summed E-state index contributed by atoms with van der Waals surface area (Å²) < 4.78 is 24.3. The molecule has 4 N–H and O–H groups in total. The molecule has 0 heterocycles. The molecule has 0 aromatic heterocycles. The van der Waals surface area contributed by atoms with Crippen molar-refractivity contribution in [1.82, 2.24) is 0 Å². The Kier molecular flexibility index (Phi) is 13.3. The fourth-order valence-electron chi connectivity index (χ4n) is 7.61. The maximum atomic E-state index is 12.6. The Morgan fingerprint density at radius 3 is 1.63 bits per heavy atom. The number of ether oxygens (including phenoxy) is 4. The summed E-state index contributed by atoms with van der Waals surface area (Å²) >= 11 is 0. The van der Waals surface area contributed by atoms with Crippen molar-refractivity contribution in [2.75, 3.05) is 24.9 Å². The first-order valence-electron chi connectivity index (χ1n) is 18.9. The summed E-state index contributed by atoms with van der Waals surface area (Å²) in [5.41, 5.74) is 1.92. The lowest BCUT2D eigenvalue weighted by Gasteiger charge is -2.33. The number of carboxylic acid groups (broad SMARTS) is 2. The summed E-state index contributed by atoms with van der Waals surface area (Å²) in [6, 6.07) is 23.4. The third-order valence-corrected chi connectivity index (χ3v) is 10.4. The van der Waals surface area contributed by atoms with E-state index in [9.17, 15) is 29.4 Å². The van der Waals surface area contributed by atoms with Gasteiger partial charge >= 0.3 is 11.9 Å². The maximum absolute atomic E-state index is 12.6. The number of benzene rings is 4. The third kappa shape index (κ3) is 10.6. The lowest BCUT2D eigenvalue weighted by atomic mass is 9.78. The Morgan fingerprint density at radius 1 is 0.579 bits per heavy atom. The van der Waals surface area contributed by atoms with Crippen LogP contribution in [0, 0.1) is 11.8 Å². The molecule has 2 aliphatic rings. The molecule has 0 spiro atoms. The average molecular weight is 775 g/mol. The van der Waals surface area contributed by atoms with E-state index in [1.807, 2.05) is 24.3 Å². The van der Waals surface area contributed by atoms with Crippen molar-refractivity contribution in [3.05, 3.63) is 119 Å². The van der Waals surface area contributed by atoms with Crippen LogP contribution in [0.4, 0.5) is 11.4 Å². The highest BCUT2D eigenvalue weighted by molar-refractivity contribution is 6.07. The van der Waals surface area contributed by atoms with Gasteiger partial charge in [0.15, 0.2) is 23.0 Å². The van der Waals surface area contributed by atoms with Crippen LogP contribution in [0.1, 0.15) is 76.8 Å². The molecule has 4 aromatic rings. The van der Waals surface area contributed by atoms with Crippen LogP contribution in [0.3, 0.4) is 0 Å². The van der Waals surface area contributed by atoms with Crippen molar-refractivity contribution in [3.63, 3.8) is 0 Å². The number of carbonyl (C=O) groups excluding carboxylic acids is 2. The molecule has 0 aliphatic heterocycles. The molecule has 2 saturated carbocycles. The number of para-hydroxylation sites is 2. The lowest BCUT2D eigenvalue weighted by Crippen LogP contribution is -2.29. The zero-order valence-corrected chi connectivity index (χ0v) is 31.8. The van der Waals surface area contributed by atoms with Gasteiger partial charge in [-0.15, -0.1) is 0 Å². The van der Waals surface area contributed by atoms with Crippen LogP contribution in [0.5, 0.6) is 23.0 Å². The number of aromatic carboxylic acids is 2. The second-order valence-corrected chi connectivity index (χ2v) is 14.1. The van der Waals surface area contributed by atoms with E-state index in [0.29, 0.717) is 34.8 Å². The van der Waals surface area contributed by atoms with Gasteiger partial charge in [-0.05, 0) is 129 Å². The Morgan fingerprint density at radius 2 is 1.07 bits per heavy atom. The van der Waals surface area contributed by atoms with Gasteiger partial charge in [-0.1, -0.05) is 36.4 Å². The van der Waals surface area contributed by atoms with E-state index in [2.05, 4.69) is 10.6 Å². The fraction of sp³-hybridized carbons (Fsp3) is 0.289. The molecule has 4 aromatic carbocycles. The molecule has 2 aliphatic carbocycles. The highest BCUT2D eigenvalue weighted by atomic mass is 16.5. The van der Waals surface area contributed by atoms with Crippen molar-refractivity contribution in [2.45, 2.75) is 57.2 Å². The Bertz CT molecular complexity index is 2160. The second-order valence-electron chi connectivity index (χ2n) is 14.1. The molecule has 0 saturated heterocycles. The number of nitrogens with one attached hydrogen (secondary N) is 2. The number of hydrogen-bond donors (Lipinski definition) is 4. The first kappa shape index (κ1) is 40.1. The topological polar surface area (TPSA) is 170 Å². The highest BCUT2D eigenvalue weighted by Crippen LogP contribution is 2.43. The first-order valence-corrected chi connectivity index (χ1v) is 18.9. The van der Waals surface area contributed by atoms with Gasteiger partial charge in [-0.3, -0.25) is 9.59 Å². The summed E-state index contributed by atoms with van der Waals surface area (Å²) in [6.07, 6.45) is 12.9. The molecule has 6 rings (SSSR count). The van der Waals surface area contributed by atoms with Crippen molar-refractivity contribution in [1.29, 1.82) is 0 Å². The van der Waals surface area contributed by atoms with E-state index in [0.717, 1.165) is 56.1 Å². The van der Waals surface area contributed by atoms with Gasteiger partial charge in [0.05, 0.1) is 48.9 Å². The van der Waals surface area contributed by atoms with E-state index in [1.54, 1.807) is 68.8 Å². The fourth-order valence-corrected chi connectivity index (χ4v) is 7.61. The van der Waals surface area contributed by atoms with Crippen LogP contribution >= 0.6 is 0 Å². The standard InChI is InChI=1S/C45H46N2O10/c1-54-38-20-14-29(17-23-43(49)47-37-13-6-4-11-35(37)45(52)53)25-41(38)57-33-19-18-31(27-33)30-8-7-9-32(26-30)56-39-21-15-28(24-40(39)55-2)16-22-42(48)46-36-12-5-3-10-34(36)44(50)51/h3-6,10-17,20-25,30-33H,7-9,18-19,26-27H2,1-2H3,(H,46,48)(H,47,49)(H,50,51)(H,52,53)/b22-16+,23-17+. The van der Waals surface area contributed by atoms with Crippen molar-refractivity contribution < 1.29 is 48.3 Å².